The summed E-state index contributed by atoms with van der Waals surface area (Å²) in [7, 11) is 0. The Morgan fingerprint density at radius 2 is 2.10 bits per heavy atom. The van der Waals surface area contributed by atoms with Crippen molar-refractivity contribution in [2.24, 2.45) is 5.73 Å². The fraction of sp³-hybridized carbons (Fsp3) is 0.0769. The zero-order chi connectivity index (χ0) is 14.9. The summed E-state index contributed by atoms with van der Waals surface area (Å²) < 4.78 is 38.4. The van der Waals surface area contributed by atoms with Crippen LogP contribution in [0.5, 0.6) is 0 Å². The molecule has 0 atom stereocenters. The first-order chi connectivity index (χ1) is 9.32. The molecule has 0 bridgehead atoms. The lowest BCUT2D eigenvalue weighted by Crippen LogP contribution is -2.17. The molecule has 0 spiro atoms. The maximum Gasteiger partial charge on any atom is 0.427 e. The topological polar surface area (TPSA) is 56.0 Å². The molecule has 3 nitrogen and oxygen atoms in total. The van der Waals surface area contributed by atoms with Gasteiger partial charge in [-0.2, -0.15) is 13.2 Å². The summed E-state index contributed by atoms with van der Waals surface area (Å²) >= 11 is 0.362. The number of carbonyl (C=O) groups is 1. The van der Waals surface area contributed by atoms with E-state index in [2.05, 4.69) is 10.9 Å². The summed E-state index contributed by atoms with van der Waals surface area (Å²) in [6.07, 6.45) is 0.552. The van der Waals surface area contributed by atoms with Crippen molar-refractivity contribution in [1.82, 2.24) is 4.98 Å². The van der Waals surface area contributed by atoms with Gasteiger partial charge in [0, 0.05) is 11.1 Å². The molecule has 1 amide bonds. The van der Waals surface area contributed by atoms with Crippen LogP contribution < -0.4 is 5.73 Å². The number of hydrogen-bond acceptors (Lipinski definition) is 3. The van der Waals surface area contributed by atoms with E-state index in [0.717, 1.165) is 0 Å². The zero-order valence-electron chi connectivity index (χ0n) is 9.86. The average molecular weight is 296 g/mol. The maximum atomic E-state index is 12.8. The molecule has 0 saturated carbocycles. The number of halogens is 3. The first-order valence-corrected chi connectivity index (χ1v) is 6.09. The number of alkyl halides is 3. The van der Waals surface area contributed by atoms with E-state index in [-0.39, 0.29) is 5.01 Å². The van der Waals surface area contributed by atoms with Crippen LogP contribution in [-0.4, -0.2) is 10.9 Å². The smallest absolute Gasteiger partial charge is 0.364 e. The molecule has 0 unspecified atom stereocenters. The fourth-order valence-corrected chi connectivity index (χ4v) is 2.48. The molecule has 102 valence electrons. The molecule has 1 aromatic heterocycles. The van der Waals surface area contributed by atoms with Gasteiger partial charge in [0.15, 0.2) is 5.69 Å². The van der Waals surface area contributed by atoms with Crippen LogP contribution in [0, 0.1) is 12.3 Å². The Hall–Kier alpha value is -2.33. The molecule has 1 aromatic carbocycles. The van der Waals surface area contributed by atoms with Gasteiger partial charge in [-0.25, -0.2) is 4.98 Å². The number of nitrogens with two attached hydrogens (primary N) is 1. The fourth-order valence-electron chi connectivity index (χ4n) is 1.54. The second-order valence-electron chi connectivity index (χ2n) is 3.78. The first kappa shape index (κ1) is 14.1. The van der Waals surface area contributed by atoms with Crippen molar-refractivity contribution in [2.75, 3.05) is 0 Å². The lowest BCUT2D eigenvalue weighted by Gasteiger charge is -2.02. The van der Waals surface area contributed by atoms with E-state index in [4.69, 9.17) is 12.2 Å². The van der Waals surface area contributed by atoms with Gasteiger partial charge >= 0.3 is 6.18 Å². The molecule has 0 saturated heterocycles. The van der Waals surface area contributed by atoms with Crippen molar-refractivity contribution < 1.29 is 18.0 Å². The number of primary amides is 1. The summed E-state index contributed by atoms with van der Waals surface area (Å²) in [5.74, 6) is 1.16. The number of rotatable bonds is 2. The number of terminal acetylenes is 1. The third-order valence-electron chi connectivity index (χ3n) is 2.39. The molecule has 7 heteroatoms. The van der Waals surface area contributed by atoms with Gasteiger partial charge < -0.3 is 5.73 Å². The van der Waals surface area contributed by atoms with Crippen LogP contribution in [0.4, 0.5) is 13.2 Å². The van der Waals surface area contributed by atoms with Gasteiger partial charge in [0.2, 0.25) is 0 Å². The van der Waals surface area contributed by atoms with Gasteiger partial charge in [-0.1, -0.05) is 18.1 Å². The molecule has 2 N–H and O–H groups in total. The summed E-state index contributed by atoms with van der Waals surface area (Å²) in [6, 6.07) is 6.31. The van der Waals surface area contributed by atoms with Crippen molar-refractivity contribution in [2.45, 2.75) is 6.18 Å². The third-order valence-corrected chi connectivity index (χ3v) is 3.54. The molecular weight excluding hydrogens is 289 g/mol. The van der Waals surface area contributed by atoms with Gasteiger partial charge in [-0.3, -0.25) is 4.79 Å². The van der Waals surface area contributed by atoms with Crippen LogP contribution in [0.3, 0.4) is 0 Å². The SMILES string of the molecule is C#Cc1cccc(-c2nc(C(N)=O)c(C(F)(F)F)s2)c1. The third kappa shape index (κ3) is 2.65. The highest BCUT2D eigenvalue weighted by atomic mass is 32.1. The average Bonchev–Trinajstić information content (AvgIpc) is 2.84. The van der Waals surface area contributed by atoms with Crippen molar-refractivity contribution in [1.29, 1.82) is 0 Å². The Morgan fingerprint density at radius 3 is 2.60 bits per heavy atom. The number of hydrogen-bond donors (Lipinski definition) is 1. The second kappa shape index (κ2) is 4.98. The van der Waals surface area contributed by atoms with E-state index in [1.165, 1.54) is 6.07 Å². The standard InChI is InChI=1S/C13H7F3N2OS/c1-2-7-4-3-5-8(6-7)12-18-9(11(17)19)10(20-12)13(14,15)16/h1,3-6H,(H2,17,19). The molecule has 0 aliphatic heterocycles. The van der Waals surface area contributed by atoms with E-state index in [0.29, 0.717) is 22.5 Å². The van der Waals surface area contributed by atoms with E-state index in [1.807, 2.05) is 0 Å². The minimum absolute atomic E-state index is 0.0447. The highest BCUT2D eigenvalue weighted by Gasteiger charge is 2.38. The van der Waals surface area contributed by atoms with Gasteiger partial charge in [0.05, 0.1) is 0 Å². The molecular formula is C13H7F3N2OS. The van der Waals surface area contributed by atoms with Crippen LogP contribution in [0.2, 0.25) is 0 Å². The minimum Gasteiger partial charge on any atom is -0.364 e. The largest absolute Gasteiger partial charge is 0.427 e. The highest BCUT2D eigenvalue weighted by molar-refractivity contribution is 7.15. The highest BCUT2D eigenvalue weighted by Crippen LogP contribution is 2.39. The molecule has 2 aromatic rings. The van der Waals surface area contributed by atoms with E-state index in [1.54, 1.807) is 18.2 Å². The van der Waals surface area contributed by atoms with Crippen molar-refractivity contribution in [3.8, 4) is 22.9 Å². The monoisotopic (exact) mass is 296 g/mol. The Morgan fingerprint density at radius 1 is 1.40 bits per heavy atom. The minimum atomic E-state index is -4.68. The van der Waals surface area contributed by atoms with Gasteiger partial charge in [-0.15, -0.1) is 17.8 Å². The Kier molecular flexibility index (Phi) is 3.51. The number of carbonyl (C=O) groups excluding carboxylic acids is 1. The summed E-state index contributed by atoms with van der Waals surface area (Å²) in [4.78, 5) is 13.6. The maximum absolute atomic E-state index is 12.8. The molecule has 0 radical (unpaired) electrons. The first-order valence-electron chi connectivity index (χ1n) is 5.28. The molecule has 0 aliphatic rings. The van der Waals surface area contributed by atoms with Crippen LogP contribution in [0.15, 0.2) is 24.3 Å². The van der Waals surface area contributed by atoms with E-state index < -0.39 is 22.7 Å². The van der Waals surface area contributed by atoms with Crippen molar-refractivity contribution in [3.63, 3.8) is 0 Å². The summed E-state index contributed by atoms with van der Waals surface area (Å²) in [6.45, 7) is 0. The molecule has 2 rings (SSSR count). The number of benzene rings is 1. The molecule has 20 heavy (non-hydrogen) atoms. The van der Waals surface area contributed by atoms with Crippen LogP contribution in [0.1, 0.15) is 20.9 Å². The van der Waals surface area contributed by atoms with Crippen molar-refractivity contribution >= 4 is 17.2 Å². The molecule has 0 fully saturated rings. The lowest BCUT2D eigenvalue weighted by molar-refractivity contribution is -0.134. The number of aromatic nitrogens is 1. The van der Waals surface area contributed by atoms with Gasteiger partial charge in [0.1, 0.15) is 9.88 Å². The summed E-state index contributed by atoms with van der Waals surface area (Å²) in [5, 5.41) is 0.0447. The number of thiazole rings is 1. The van der Waals surface area contributed by atoms with Gasteiger partial charge in [-0.05, 0) is 12.1 Å². The normalized spacial score (nSPS) is 11.1. The van der Waals surface area contributed by atoms with E-state index in [9.17, 15) is 18.0 Å². The van der Waals surface area contributed by atoms with Crippen LogP contribution in [0.25, 0.3) is 10.6 Å². The number of amides is 1. The lowest BCUT2D eigenvalue weighted by atomic mass is 10.1. The Bertz CT molecular complexity index is 713. The second-order valence-corrected chi connectivity index (χ2v) is 4.78. The van der Waals surface area contributed by atoms with E-state index >= 15 is 0 Å². The molecule has 1 heterocycles. The predicted molar refractivity (Wildman–Crippen MR) is 69.0 cm³/mol. The predicted octanol–water partition coefficient (Wildman–Crippen LogP) is 2.91. The zero-order valence-corrected chi connectivity index (χ0v) is 10.7. The Balaban J connectivity index is 2.59. The van der Waals surface area contributed by atoms with Crippen LogP contribution >= 0.6 is 11.3 Å². The Labute approximate surface area is 116 Å². The van der Waals surface area contributed by atoms with Crippen LogP contribution in [-0.2, 0) is 6.18 Å². The quantitative estimate of drug-likeness (QED) is 0.866. The summed E-state index contributed by atoms with van der Waals surface area (Å²) in [5.41, 5.74) is 5.07. The molecule has 0 aliphatic carbocycles. The van der Waals surface area contributed by atoms with Gasteiger partial charge in [0.25, 0.3) is 5.91 Å². The number of nitrogens with zero attached hydrogens (tertiary/aromatic N) is 1. The van der Waals surface area contributed by atoms with Crippen molar-refractivity contribution in [3.05, 3.63) is 40.4 Å².